The summed E-state index contributed by atoms with van der Waals surface area (Å²) in [5.74, 6) is -0.182. The molecule has 0 aromatic heterocycles. The maximum atomic E-state index is 13.4. The number of hydrogen-bond acceptors (Lipinski definition) is 1. The molecule has 1 atom stereocenters. The number of benzene rings is 1. The minimum atomic E-state index is -0.182. The molecule has 0 amide bonds. The van der Waals surface area contributed by atoms with Gasteiger partial charge in [-0.1, -0.05) is 39.7 Å². The zero-order valence-corrected chi connectivity index (χ0v) is 15.2. The zero-order valence-electron chi connectivity index (χ0n) is 13.6. The molecule has 0 fully saturated rings. The molecule has 120 valence electrons. The Hall–Kier alpha value is -0.410. The van der Waals surface area contributed by atoms with Crippen molar-refractivity contribution in [3.8, 4) is 0 Å². The van der Waals surface area contributed by atoms with Crippen molar-refractivity contribution in [2.45, 2.75) is 59.3 Å². The first kappa shape index (κ1) is 18.6. The predicted molar refractivity (Wildman–Crippen MR) is 93.2 cm³/mol. The Bertz CT molecular complexity index is 422. The third kappa shape index (κ3) is 6.07. The normalized spacial score (nSPS) is 14.1. The fourth-order valence-electron chi connectivity index (χ4n) is 2.83. The molecule has 1 N–H and O–H groups in total. The lowest BCUT2D eigenvalue weighted by atomic mass is 9.75. The van der Waals surface area contributed by atoms with E-state index in [9.17, 15) is 4.39 Å². The van der Waals surface area contributed by atoms with Crippen molar-refractivity contribution >= 4 is 15.9 Å². The van der Waals surface area contributed by atoms with Crippen molar-refractivity contribution in [1.29, 1.82) is 0 Å². The van der Waals surface area contributed by atoms with Gasteiger partial charge in [0, 0.05) is 6.54 Å². The average molecular weight is 358 g/mol. The fourth-order valence-corrected chi connectivity index (χ4v) is 3.26. The van der Waals surface area contributed by atoms with E-state index >= 15 is 0 Å². The van der Waals surface area contributed by atoms with Crippen LogP contribution in [0.1, 0.15) is 58.4 Å². The van der Waals surface area contributed by atoms with E-state index in [1.807, 2.05) is 12.1 Å². The quantitative estimate of drug-likeness (QED) is 0.528. The summed E-state index contributed by atoms with van der Waals surface area (Å²) in [6.45, 7) is 8.84. The lowest BCUT2D eigenvalue weighted by Gasteiger charge is -2.34. The van der Waals surface area contributed by atoms with Crippen molar-refractivity contribution in [2.24, 2.45) is 5.41 Å². The van der Waals surface area contributed by atoms with Crippen molar-refractivity contribution in [2.75, 3.05) is 13.1 Å². The van der Waals surface area contributed by atoms with Crippen LogP contribution >= 0.6 is 15.9 Å². The van der Waals surface area contributed by atoms with Gasteiger partial charge in [-0.15, -0.1) is 0 Å². The first-order valence-corrected chi connectivity index (χ1v) is 9.01. The summed E-state index contributed by atoms with van der Waals surface area (Å²) in [5.41, 5.74) is 1.50. The summed E-state index contributed by atoms with van der Waals surface area (Å²) in [4.78, 5) is 0. The highest BCUT2D eigenvalue weighted by Gasteiger charge is 2.27. The van der Waals surface area contributed by atoms with Gasteiger partial charge in [0.15, 0.2) is 0 Å². The molecule has 0 spiro atoms. The van der Waals surface area contributed by atoms with Crippen LogP contribution in [-0.4, -0.2) is 13.1 Å². The highest BCUT2D eigenvalue weighted by molar-refractivity contribution is 9.10. The third-order valence-corrected chi connectivity index (χ3v) is 4.91. The highest BCUT2D eigenvalue weighted by atomic mass is 79.9. The SMILES string of the molecule is CCCCC(CC)(CNCCC)Cc1ccc(F)c(Br)c1. The second-order valence-electron chi connectivity index (χ2n) is 6.06. The van der Waals surface area contributed by atoms with Crippen LogP contribution in [0.25, 0.3) is 0 Å². The maximum Gasteiger partial charge on any atom is 0.137 e. The van der Waals surface area contributed by atoms with Gasteiger partial charge in [-0.3, -0.25) is 0 Å². The second kappa shape index (κ2) is 9.58. The van der Waals surface area contributed by atoms with Crippen LogP contribution in [0.4, 0.5) is 4.39 Å². The minimum Gasteiger partial charge on any atom is -0.316 e. The molecule has 1 aromatic carbocycles. The van der Waals surface area contributed by atoms with Gasteiger partial charge in [0.1, 0.15) is 5.82 Å². The number of nitrogens with one attached hydrogen (secondary N) is 1. The van der Waals surface area contributed by atoms with Crippen molar-refractivity contribution in [3.05, 3.63) is 34.1 Å². The third-order valence-electron chi connectivity index (χ3n) is 4.30. The summed E-state index contributed by atoms with van der Waals surface area (Å²) in [5, 5.41) is 3.60. The number of halogens is 2. The molecular formula is C18H29BrFN. The van der Waals surface area contributed by atoms with Gasteiger partial charge in [0.2, 0.25) is 0 Å². The molecule has 1 nitrogen and oxygen atoms in total. The molecule has 0 saturated heterocycles. The lowest BCUT2D eigenvalue weighted by molar-refractivity contribution is 0.229. The van der Waals surface area contributed by atoms with Gasteiger partial charge >= 0.3 is 0 Å². The molecule has 1 rings (SSSR count). The first-order chi connectivity index (χ1) is 10.1. The molecule has 0 aliphatic rings. The van der Waals surface area contributed by atoms with Crippen LogP contribution in [0.2, 0.25) is 0 Å². The Labute approximate surface area is 137 Å². The number of rotatable bonds is 10. The molecule has 0 saturated carbocycles. The van der Waals surface area contributed by atoms with Crippen molar-refractivity contribution in [3.63, 3.8) is 0 Å². The predicted octanol–water partition coefficient (Wildman–Crippen LogP) is 5.72. The Morgan fingerprint density at radius 3 is 2.52 bits per heavy atom. The molecule has 21 heavy (non-hydrogen) atoms. The van der Waals surface area contributed by atoms with Crippen molar-refractivity contribution in [1.82, 2.24) is 5.32 Å². The van der Waals surface area contributed by atoms with E-state index in [4.69, 9.17) is 0 Å². The molecule has 0 aliphatic heterocycles. The van der Waals surface area contributed by atoms with E-state index in [1.54, 1.807) is 6.07 Å². The molecule has 0 bridgehead atoms. The smallest absolute Gasteiger partial charge is 0.137 e. The van der Waals surface area contributed by atoms with E-state index < -0.39 is 0 Å². The topological polar surface area (TPSA) is 12.0 Å². The molecule has 0 heterocycles. The van der Waals surface area contributed by atoms with Crippen molar-refractivity contribution < 1.29 is 4.39 Å². The van der Waals surface area contributed by atoms with Gasteiger partial charge in [0.25, 0.3) is 0 Å². The van der Waals surface area contributed by atoms with Gasteiger partial charge in [0.05, 0.1) is 4.47 Å². The zero-order chi connectivity index (χ0) is 15.7. The van der Waals surface area contributed by atoms with Gasteiger partial charge < -0.3 is 5.32 Å². The molecule has 1 unspecified atom stereocenters. The summed E-state index contributed by atoms with van der Waals surface area (Å²) < 4.78 is 14.0. The monoisotopic (exact) mass is 357 g/mol. The summed E-state index contributed by atoms with van der Waals surface area (Å²) >= 11 is 3.30. The maximum absolute atomic E-state index is 13.4. The summed E-state index contributed by atoms with van der Waals surface area (Å²) in [6.07, 6.45) is 7.03. The Kier molecular flexibility index (Phi) is 8.50. The van der Waals surface area contributed by atoms with Gasteiger partial charge in [-0.2, -0.15) is 0 Å². The van der Waals surface area contributed by atoms with Crippen LogP contribution in [-0.2, 0) is 6.42 Å². The van der Waals surface area contributed by atoms with E-state index in [0.717, 1.165) is 32.4 Å². The van der Waals surface area contributed by atoms with Crippen LogP contribution < -0.4 is 5.32 Å². The lowest BCUT2D eigenvalue weighted by Crippen LogP contribution is -2.36. The number of unbranched alkanes of at least 4 members (excludes halogenated alkanes) is 1. The standard InChI is InChI=1S/C18H29BrFN/c1-4-7-10-18(6-3,14-21-11-5-2)13-15-8-9-17(20)16(19)12-15/h8-9,12,21H,4-7,10-11,13-14H2,1-3H3. The Balaban J connectivity index is 2.84. The molecule has 3 heteroatoms. The summed E-state index contributed by atoms with van der Waals surface area (Å²) in [7, 11) is 0. The van der Waals surface area contributed by atoms with Crippen LogP contribution in [0.5, 0.6) is 0 Å². The van der Waals surface area contributed by atoms with Gasteiger partial charge in [-0.05, 0) is 71.3 Å². The largest absolute Gasteiger partial charge is 0.316 e. The average Bonchev–Trinajstić information content (AvgIpc) is 2.48. The molecule has 0 aliphatic carbocycles. The fraction of sp³-hybridized carbons (Fsp3) is 0.667. The second-order valence-corrected chi connectivity index (χ2v) is 6.91. The van der Waals surface area contributed by atoms with Crippen LogP contribution in [0.3, 0.4) is 0 Å². The van der Waals surface area contributed by atoms with E-state index in [2.05, 4.69) is 42.0 Å². The van der Waals surface area contributed by atoms with Crippen LogP contribution in [0, 0.1) is 11.2 Å². The Morgan fingerprint density at radius 2 is 1.95 bits per heavy atom. The van der Waals surface area contributed by atoms with E-state index in [0.29, 0.717) is 4.47 Å². The minimum absolute atomic E-state index is 0.182. The summed E-state index contributed by atoms with van der Waals surface area (Å²) in [6, 6.07) is 5.43. The molecule has 1 aromatic rings. The van der Waals surface area contributed by atoms with E-state index in [-0.39, 0.29) is 11.2 Å². The Morgan fingerprint density at radius 1 is 1.19 bits per heavy atom. The van der Waals surface area contributed by atoms with E-state index in [1.165, 1.54) is 24.8 Å². The first-order valence-electron chi connectivity index (χ1n) is 8.21. The van der Waals surface area contributed by atoms with Gasteiger partial charge in [-0.25, -0.2) is 4.39 Å². The molecule has 0 radical (unpaired) electrons. The molecular weight excluding hydrogens is 329 g/mol. The van der Waals surface area contributed by atoms with Crippen LogP contribution in [0.15, 0.2) is 22.7 Å². The number of hydrogen-bond donors (Lipinski definition) is 1. The highest BCUT2D eigenvalue weighted by Crippen LogP contribution is 2.33.